The highest BCUT2D eigenvalue weighted by Crippen LogP contribution is 2.27. The summed E-state index contributed by atoms with van der Waals surface area (Å²) in [5.74, 6) is -0.0391. The molecule has 7 heteroatoms. The van der Waals surface area contributed by atoms with E-state index < -0.39 is 0 Å². The first-order chi connectivity index (χ1) is 13.5. The van der Waals surface area contributed by atoms with Gasteiger partial charge in [-0.25, -0.2) is 4.68 Å². The van der Waals surface area contributed by atoms with E-state index in [2.05, 4.69) is 13.8 Å². The summed E-state index contributed by atoms with van der Waals surface area (Å²) in [7, 11) is 1.95. The van der Waals surface area contributed by atoms with E-state index in [0.29, 0.717) is 34.5 Å². The van der Waals surface area contributed by atoms with Gasteiger partial charge in [0.1, 0.15) is 11.4 Å². The zero-order chi connectivity index (χ0) is 20.3. The average Bonchev–Trinajstić information content (AvgIpc) is 3.29. The van der Waals surface area contributed by atoms with Gasteiger partial charge < -0.3 is 9.47 Å². The van der Waals surface area contributed by atoms with Gasteiger partial charge in [0.25, 0.3) is 5.91 Å². The maximum absolute atomic E-state index is 13.3. The van der Waals surface area contributed by atoms with Gasteiger partial charge in [-0.1, -0.05) is 37.0 Å². The Morgan fingerprint density at radius 1 is 1.07 bits per heavy atom. The van der Waals surface area contributed by atoms with Crippen molar-refractivity contribution < 1.29 is 4.79 Å². The molecule has 0 spiro atoms. The van der Waals surface area contributed by atoms with E-state index in [9.17, 15) is 4.79 Å². The molecule has 1 aromatic carbocycles. The van der Waals surface area contributed by atoms with Crippen LogP contribution < -0.4 is 0 Å². The van der Waals surface area contributed by atoms with Gasteiger partial charge in [-0.3, -0.25) is 4.79 Å². The Bertz CT molecular complexity index is 971. The third kappa shape index (κ3) is 4.10. The fourth-order valence-corrected chi connectivity index (χ4v) is 3.51. The van der Waals surface area contributed by atoms with Crippen LogP contribution in [-0.4, -0.2) is 38.2 Å². The van der Waals surface area contributed by atoms with Crippen LogP contribution in [0.4, 0.5) is 0 Å². The largest absolute Gasteiger partial charge is 0.349 e. The first-order valence-corrected chi connectivity index (χ1v) is 10.2. The van der Waals surface area contributed by atoms with E-state index in [4.69, 9.17) is 28.3 Å². The third-order valence-corrected chi connectivity index (χ3v) is 5.30. The van der Waals surface area contributed by atoms with Crippen LogP contribution in [0, 0.1) is 0 Å². The predicted octanol–water partition coefficient (Wildman–Crippen LogP) is 5.45. The minimum atomic E-state index is -0.0391. The number of hydrogen-bond acceptors (Lipinski definition) is 2. The molecule has 0 N–H and O–H groups in total. The number of aryl methyl sites for hydroxylation is 1. The number of benzene rings is 1. The van der Waals surface area contributed by atoms with Crippen molar-refractivity contribution in [1.82, 2.24) is 19.2 Å². The molecule has 0 saturated heterocycles. The van der Waals surface area contributed by atoms with Crippen LogP contribution in [-0.2, 0) is 7.05 Å². The molecule has 0 atom stereocenters. The average molecular weight is 419 g/mol. The second kappa shape index (κ2) is 8.84. The minimum Gasteiger partial charge on any atom is -0.349 e. The topological polar surface area (TPSA) is 43.1 Å². The number of carbonyl (C=O) groups excluding carboxylic acids is 1. The lowest BCUT2D eigenvalue weighted by molar-refractivity contribution is 0.0746. The van der Waals surface area contributed by atoms with Crippen LogP contribution in [0.15, 0.2) is 42.6 Å². The smallest absolute Gasteiger partial charge is 0.272 e. The highest BCUT2D eigenvalue weighted by Gasteiger charge is 2.23. The molecule has 148 valence electrons. The summed E-state index contributed by atoms with van der Waals surface area (Å²) in [5, 5.41) is 5.61. The van der Waals surface area contributed by atoms with Crippen molar-refractivity contribution in [2.75, 3.05) is 13.1 Å². The van der Waals surface area contributed by atoms with E-state index in [-0.39, 0.29) is 5.91 Å². The zero-order valence-corrected chi connectivity index (χ0v) is 17.8. The number of hydrogen-bond donors (Lipinski definition) is 0. The molecule has 0 saturated carbocycles. The van der Waals surface area contributed by atoms with Crippen molar-refractivity contribution in [2.24, 2.45) is 7.05 Å². The highest BCUT2D eigenvalue weighted by molar-refractivity contribution is 6.42. The van der Waals surface area contributed by atoms with Gasteiger partial charge in [0.15, 0.2) is 0 Å². The maximum atomic E-state index is 13.3. The fraction of sp³-hybridized carbons (Fsp3) is 0.333. The molecular weight excluding hydrogens is 395 g/mol. The van der Waals surface area contributed by atoms with E-state index in [0.717, 1.165) is 24.2 Å². The van der Waals surface area contributed by atoms with Gasteiger partial charge in [-0.2, -0.15) is 5.10 Å². The van der Waals surface area contributed by atoms with Crippen molar-refractivity contribution >= 4 is 29.1 Å². The number of nitrogens with zero attached hydrogens (tertiary/aromatic N) is 4. The lowest BCUT2D eigenvalue weighted by atomic mass is 10.2. The Morgan fingerprint density at radius 3 is 2.36 bits per heavy atom. The summed E-state index contributed by atoms with van der Waals surface area (Å²) in [4.78, 5) is 15.2. The van der Waals surface area contributed by atoms with Crippen molar-refractivity contribution in [2.45, 2.75) is 26.7 Å². The lowest BCUT2D eigenvalue weighted by Crippen LogP contribution is -2.33. The van der Waals surface area contributed by atoms with Crippen LogP contribution >= 0.6 is 23.2 Å². The van der Waals surface area contributed by atoms with Gasteiger partial charge >= 0.3 is 0 Å². The standard InChI is InChI=1S/C21H24Cl2N4O/c1-4-10-26(11-5-2)21(28)20-14-18(19-7-6-12-25(19)3)24-27(20)15-8-9-16(22)17(23)13-15/h6-9,12-14H,4-5,10-11H2,1-3H3. The quantitative estimate of drug-likeness (QED) is 0.511. The highest BCUT2D eigenvalue weighted by atomic mass is 35.5. The van der Waals surface area contributed by atoms with Crippen LogP contribution in [0.2, 0.25) is 10.0 Å². The molecule has 0 aliphatic rings. The summed E-state index contributed by atoms with van der Waals surface area (Å²) in [6.45, 7) is 5.56. The molecule has 0 fully saturated rings. The Balaban J connectivity index is 2.13. The van der Waals surface area contributed by atoms with Gasteiger partial charge in [0.2, 0.25) is 0 Å². The zero-order valence-electron chi connectivity index (χ0n) is 16.3. The summed E-state index contributed by atoms with van der Waals surface area (Å²) in [5.41, 5.74) is 2.88. The third-order valence-electron chi connectivity index (χ3n) is 4.56. The van der Waals surface area contributed by atoms with Crippen molar-refractivity contribution in [1.29, 1.82) is 0 Å². The number of amides is 1. The number of aromatic nitrogens is 3. The molecule has 1 amide bonds. The normalized spacial score (nSPS) is 11.0. The molecule has 0 radical (unpaired) electrons. The second-order valence-electron chi connectivity index (χ2n) is 6.72. The van der Waals surface area contributed by atoms with E-state index in [1.807, 2.05) is 47.0 Å². The first kappa shape index (κ1) is 20.5. The second-order valence-corrected chi connectivity index (χ2v) is 7.54. The summed E-state index contributed by atoms with van der Waals surface area (Å²) in [6, 6.07) is 11.0. The Morgan fingerprint density at radius 2 is 1.79 bits per heavy atom. The van der Waals surface area contributed by atoms with E-state index >= 15 is 0 Å². The van der Waals surface area contributed by atoms with Gasteiger partial charge in [0, 0.05) is 26.3 Å². The van der Waals surface area contributed by atoms with Crippen molar-refractivity contribution in [3.05, 3.63) is 58.3 Å². The van der Waals surface area contributed by atoms with Crippen molar-refractivity contribution in [3.63, 3.8) is 0 Å². The first-order valence-electron chi connectivity index (χ1n) is 9.42. The molecule has 28 heavy (non-hydrogen) atoms. The molecule has 0 aliphatic heterocycles. The molecule has 0 unspecified atom stereocenters. The van der Waals surface area contributed by atoms with Crippen LogP contribution in [0.5, 0.6) is 0 Å². The molecule has 2 aromatic heterocycles. The summed E-state index contributed by atoms with van der Waals surface area (Å²) >= 11 is 12.3. The molecule has 5 nitrogen and oxygen atoms in total. The van der Waals surface area contributed by atoms with Crippen LogP contribution in [0.25, 0.3) is 17.1 Å². The molecule has 3 rings (SSSR count). The lowest BCUT2D eigenvalue weighted by Gasteiger charge is -2.21. The van der Waals surface area contributed by atoms with Gasteiger partial charge in [0.05, 0.1) is 21.4 Å². The number of carbonyl (C=O) groups is 1. The van der Waals surface area contributed by atoms with Gasteiger partial charge in [-0.15, -0.1) is 0 Å². The van der Waals surface area contributed by atoms with E-state index in [1.54, 1.807) is 16.8 Å². The van der Waals surface area contributed by atoms with Crippen molar-refractivity contribution in [3.8, 4) is 17.1 Å². The summed E-state index contributed by atoms with van der Waals surface area (Å²) < 4.78 is 3.64. The Labute approximate surface area is 175 Å². The SMILES string of the molecule is CCCN(CCC)C(=O)c1cc(-c2cccn2C)nn1-c1ccc(Cl)c(Cl)c1. The van der Waals surface area contributed by atoms with Crippen LogP contribution in [0.1, 0.15) is 37.2 Å². The van der Waals surface area contributed by atoms with Gasteiger partial charge in [-0.05, 0) is 49.2 Å². The molecular formula is C21H24Cl2N4O. The minimum absolute atomic E-state index is 0.0391. The maximum Gasteiger partial charge on any atom is 0.272 e. The van der Waals surface area contributed by atoms with E-state index in [1.165, 1.54) is 0 Å². The molecule has 0 aliphatic carbocycles. The van der Waals surface area contributed by atoms with Crippen LogP contribution in [0.3, 0.4) is 0 Å². The predicted molar refractivity (Wildman–Crippen MR) is 114 cm³/mol. The monoisotopic (exact) mass is 418 g/mol. The Hall–Kier alpha value is -2.24. The molecule has 0 bridgehead atoms. The Kier molecular flexibility index (Phi) is 6.47. The number of halogens is 2. The number of rotatable bonds is 7. The summed E-state index contributed by atoms with van der Waals surface area (Å²) in [6.07, 6.45) is 3.75. The molecule has 3 aromatic rings. The fourth-order valence-electron chi connectivity index (χ4n) is 3.22. The molecule has 2 heterocycles.